The summed E-state index contributed by atoms with van der Waals surface area (Å²) >= 11 is 1.31. The minimum Gasteiger partial charge on any atom is -0.443 e. The molecule has 0 N–H and O–H groups in total. The second-order valence-electron chi connectivity index (χ2n) is 7.54. The van der Waals surface area contributed by atoms with Crippen LogP contribution in [-0.2, 0) is 19.0 Å². The molecule has 2 aliphatic heterocycles. The van der Waals surface area contributed by atoms with Gasteiger partial charge in [-0.2, -0.15) is 0 Å². The molecule has 0 aromatic rings. The van der Waals surface area contributed by atoms with Gasteiger partial charge in [0.1, 0.15) is 23.2 Å². The molecule has 0 bridgehead atoms. The summed E-state index contributed by atoms with van der Waals surface area (Å²) in [4.78, 5) is 30.3. The van der Waals surface area contributed by atoms with Gasteiger partial charge >= 0.3 is 6.09 Å². The van der Waals surface area contributed by atoms with Gasteiger partial charge in [0.05, 0.1) is 12.7 Å². The average Bonchev–Trinajstić information content (AvgIpc) is 2.94. The lowest BCUT2D eigenvalue weighted by molar-refractivity contribution is -0.155. The monoisotopic (exact) mass is 384 g/mol. The second-order valence-corrected chi connectivity index (χ2v) is 8.61. The normalized spacial score (nSPS) is 31.0. The Hall–Kier alpha value is -1.38. The molecule has 2 aliphatic rings. The van der Waals surface area contributed by atoms with Crippen molar-refractivity contribution >= 4 is 28.8 Å². The highest BCUT2D eigenvalue weighted by atomic mass is 32.2. The molecule has 0 spiro atoms. The number of hydrogen-bond donors (Lipinski definition) is 0. The molecule has 0 aromatic heterocycles. The summed E-state index contributed by atoms with van der Waals surface area (Å²) in [5, 5.41) is 0.498. The minimum absolute atomic E-state index is 0.0438. The van der Waals surface area contributed by atoms with Crippen molar-refractivity contribution in [3.63, 3.8) is 0 Å². The van der Waals surface area contributed by atoms with Crippen LogP contribution in [0.3, 0.4) is 0 Å². The number of rotatable bonds is 4. The van der Waals surface area contributed by atoms with Crippen LogP contribution in [0.5, 0.6) is 0 Å². The largest absolute Gasteiger partial charge is 0.443 e. The molecule has 0 unspecified atom stereocenters. The van der Waals surface area contributed by atoms with E-state index in [4.69, 9.17) is 14.2 Å². The van der Waals surface area contributed by atoms with Crippen LogP contribution in [0.1, 0.15) is 34.6 Å². The molecule has 0 aliphatic carbocycles. The first-order valence-corrected chi connectivity index (χ1v) is 9.52. The molecule has 146 valence electrons. The smallest absolute Gasteiger partial charge is 0.416 e. The predicted octanol–water partition coefficient (Wildman–Crippen LogP) is 2.85. The van der Waals surface area contributed by atoms with Crippen molar-refractivity contribution in [1.82, 2.24) is 4.90 Å². The Bertz CT molecular complexity index is 601. The Morgan fingerprint density at radius 3 is 2.62 bits per heavy atom. The van der Waals surface area contributed by atoms with Crippen molar-refractivity contribution in [3.8, 4) is 0 Å². The Kier molecular flexibility index (Phi) is 6.52. The van der Waals surface area contributed by atoms with Crippen LogP contribution in [-0.4, -0.2) is 64.9 Å². The van der Waals surface area contributed by atoms with Gasteiger partial charge in [0, 0.05) is 13.0 Å². The maximum atomic E-state index is 12.3. The number of Topliss-reactive ketones (excluding diaryl/α,β-unsaturated/α-hetero) is 1. The number of hydrogen-bond acceptors (Lipinski definition) is 7. The lowest BCUT2D eigenvalue weighted by atomic mass is 9.88. The van der Waals surface area contributed by atoms with Crippen molar-refractivity contribution in [2.24, 2.45) is 10.9 Å². The quantitative estimate of drug-likeness (QED) is 0.694. The fraction of sp³-hybridized carbons (Fsp3) is 0.722. The standard InChI is InChI=1S/C18H28N2O5S/c1-8-9-23-14-10(2)13(11(3)21)24-15-12(14)19-16(26-15)20(7)17(22)25-18(4,5)6/h8,10,12-15H,1,9H2,2-7H3/t10-,12-,13+,14+,15-/m1/s1. The van der Waals surface area contributed by atoms with Gasteiger partial charge in [-0.15, -0.1) is 6.58 Å². The third-order valence-corrected chi connectivity index (χ3v) is 5.35. The molecule has 5 atom stereocenters. The van der Waals surface area contributed by atoms with Gasteiger partial charge in [0.2, 0.25) is 0 Å². The van der Waals surface area contributed by atoms with Gasteiger partial charge in [-0.25, -0.2) is 4.79 Å². The van der Waals surface area contributed by atoms with Gasteiger partial charge in [-0.05, 0) is 27.7 Å². The zero-order valence-electron chi connectivity index (χ0n) is 16.2. The molecule has 7 nitrogen and oxygen atoms in total. The molecule has 1 saturated heterocycles. The summed E-state index contributed by atoms with van der Waals surface area (Å²) < 4.78 is 17.3. The molecule has 1 amide bonds. The Labute approximate surface area is 159 Å². The minimum atomic E-state index is -0.595. The Balaban J connectivity index is 2.20. The molecule has 0 aromatic carbocycles. The van der Waals surface area contributed by atoms with Gasteiger partial charge < -0.3 is 14.2 Å². The first kappa shape index (κ1) is 20.9. The van der Waals surface area contributed by atoms with Crippen molar-refractivity contribution in [2.75, 3.05) is 13.7 Å². The third-order valence-electron chi connectivity index (χ3n) is 4.13. The molecule has 2 heterocycles. The molecule has 8 heteroatoms. The molecule has 2 rings (SSSR count). The van der Waals surface area contributed by atoms with Gasteiger partial charge in [-0.3, -0.25) is 14.7 Å². The number of ether oxygens (including phenoxy) is 3. The molecule has 0 saturated carbocycles. The molecular formula is C18H28N2O5S. The summed E-state index contributed by atoms with van der Waals surface area (Å²) in [6.07, 6.45) is 0.333. The molecule has 26 heavy (non-hydrogen) atoms. The topological polar surface area (TPSA) is 77.4 Å². The molecular weight excluding hydrogens is 356 g/mol. The van der Waals surface area contributed by atoms with E-state index in [1.807, 2.05) is 27.7 Å². The highest BCUT2D eigenvalue weighted by Gasteiger charge is 2.50. The zero-order valence-corrected chi connectivity index (χ0v) is 17.0. The van der Waals surface area contributed by atoms with E-state index in [-0.39, 0.29) is 29.3 Å². The molecule has 0 radical (unpaired) electrons. The van der Waals surface area contributed by atoms with Gasteiger partial charge in [0.15, 0.2) is 11.0 Å². The SMILES string of the molecule is C=CCO[C@H]1[C@H](C)[C@@H](C(C)=O)O[C@@H]2SC(N(C)C(=O)OC(C)(C)C)=N[C@H]12. The maximum Gasteiger partial charge on any atom is 0.416 e. The number of aliphatic imine (C=N–C) groups is 1. The highest BCUT2D eigenvalue weighted by molar-refractivity contribution is 8.14. The number of carbonyl (C=O) groups excluding carboxylic acids is 2. The Morgan fingerprint density at radius 2 is 2.08 bits per heavy atom. The van der Waals surface area contributed by atoms with Crippen LogP contribution in [0, 0.1) is 5.92 Å². The third kappa shape index (κ3) is 4.66. The summed E-state index contributed by atoms with van der Waals surface area (Å²) in [6, 6.07) is -0.301. The van der Waals surface area contributed by atoms with Crippen molar-refractivity contribution in [1.29, 1.82) is 0 Å². The van der Waals surface area contributed by atoms with E-state index in [1.54, 1.807) is 13.1 Å². The van der Waals surface area contributed by atoms with E-state index in [0.29, 0.717) is 11.8 Å². The van der Waals surface area contributed by atoms with Crippen LogP contribution in [0.4, 0.5) is 4.79 Å². The lowest BCUT2D eigenvalue weighted by Gasteiger charge is -2.40. The average molecular weight is 384 g/mol. The number of amidine groups is 1. The molecule has 1 fully saturated rings. The van der Waals surface area contributed by atoms with E-state index in [9.17, 15) is 9.59 Å². The van der Waals surface area contributed by atoms with Crippen LogP contribution < -0.4 is 0 Å². The van der Waals surface area contributed by atoms with E-state index < -0.39 is 17.8 Å². The lowest BCUT2D eigenvalue weighted by Crippen LogP contribution is -2.53. The van der Waals surface area contributed by atoms with Gasteiger partial charge in [0.25, 0.3) is 0 Å². The fourth-order valence-corrected chi connectivity index (χ4v) is 4.10. The number of nitrogens with zero attached hydrogens (tertiary/aromatic N) is 2. The van der Waals surface area contributed by atoms with Gasteiger partial charge in [-0.1, -0.05) is 24.8 Å². The second kappa shape index (κ2) is 8.10. The predicted molar refractivity (Wildman–Crippen MR) is 101 cm³/mol. The summed E-state index contributed by atoms with van der Waals surface area (Å²) in [5.41, 5.74) is -0.975. The highest BCUT2D eigenvalue weighted by Crippen LogP contribution is 2.41. The first-order chi connectivity index (χ1) is 12.0. The summed E-state index contributed by atoms with van der Waals surface area (Å²) in [5.74, 6) is -0.193. The zero-order chi connectivity index (χ0) is 19.6. The first-order valence-electron chi connectivity index (χ1n) is 8.64. The van der Waals surface area contributed by atoms with Crippen molar-refractivity contribution < 1.29 is 23.8 Å². The van der Waals surface area contributed by atoms with Crippen LogP contribution in [0.15, 0.2) is 17.6 Å². The number of thioether (sulfide) groups is 1. The number of amides is 1. The Morgan fingerprint density at radius 1 is 1.42 bits per heavy atom. The summed E-state index contributed by atoms with van der Waals surface area (Å²) in [6.45, 7) is 12.9. The summed E-state index contributed by atoms with van der Waals surface area (Å²) in [7, 11) is 1.61. The number of fused-ring (bicyclic) bond motifs is 1. The fourth-order valence-electron chi connectivity index (χ4n) is 2.95. The van der Waals surface area contributed by atoms with E-state index in [1.165, 1.54) is 23.6 Å². The van der Waals surface area contributed by atoms with E-state index in [2.05, 4.69) is 11.6 Å². The van der Waals surface area contributed by atoms with Crippen LogP contribution >= 0.6 is 11.8 Å². The van der Waals surface area contributed by atoms with E-state index >= 15 is 0 Å². The number of ketones is 1. The van der Waals surface area contributed by atoms with E-state index in [0.717, 1.165) is 0 Å². The number of carbonyl (C=O) groups is 2. The van der Waals surface area contributed by atoms with Crippen molar-refractivity contribution in [2.45, 2.75) is 63.9 Å². The van der Waals surface area contributed by atoms with Crippen molar-refractivity contribution in [3.05, 3.63) is 12.7 Å². The van der Waals surface area contributed by atoms with Crippen LogP contribution in [0.2, 0.25) is 0 Å². The van der Waals surface area contributed by atoms with Crippen LogP contribution in [0.25, 0.3) is 0 Å². The maximum absolute atomic E-state index is 12.3.